The highest BCUT2D eigenvalue weighted by molar-refractivity contribution is 5.81. The standard InChI is InChI=1S/C12H23N3O/c1-3-16-9-12(2)8-14-11(13)15(12)10-6-4-5-7-10/h10H,3-9H2,1-2H3,(H2,13,14). The second kappa shape index (κ2) is 4.62. The second-order valence-corrected chi connectivity index (χ2v) is 5.12. The minimum absolute atomic E-state index is 0.0188. The molecule has 4 heteroatoms. The van der Waals surface area contributed by atoms with Crippen LogP contribution in [0.1, 0.15) is 39.5 Å². The molecule has 1 fully saturated rings. The molecular weight excluding hydrogens is 202 g/mol. The lowest BCUT2D eigenvalue weighted by atomic mass is 10.00. The quantitative estimate of drug-likeness (QED) is 0.786. The van der Waals surface area contributed by atoms with E-state index < -0.39 is 0 Å². The summed E-state index contributed by atoms with van der Waals surface area (Å²) in [6.45, 7) is 6.50. The lowest BCUT2D eigenvalue weighted by molar-refractivity contribution is 0.0374. The van der Waals surface area contributed by atoms with E-state index in [1.165, 1.54) is 25.7 Å². The molecule has 4 nitrogen and oxygen atoms in total. The monoisotopic (exact) mass is 225 g/mol. The van der Waals surface area contributed by atoms with Crippen molar-refractivity contribution in [3.63, 3.8) is 0 Å². The third-order valence-electron chi connectivity index (χ3n) is 3.72. The molecule has 2 N–H and O–H groups in total. The van der Waals surface area contributed by atoms with Crippen LogP contribution in [0.15, 0.2) is 4.99 Å². The molecule has 0 radical (unpaired) electrons. The summed E-state index contributed by atoms with van der Waals surface area (Å²) < 4.78 is 5.59. The zero-order chi connectivity index (χ0) is 11.6. The molecule has 1 unspecified atom stereocenters. The van der Waals surface area contributed by atoms with Gasteiger partial charge in [-0.25, -0.2) is 0 Å². The van der Waals surface area contributed by atoms with E-state index in [0.29, 0.717) is 12.0 Å². The molecule has 0 spiro atoms. The van der Waals surface area contributed by atoms with Crippen LogP contribution < -0.4 is 5.73 Å². The molecule has 0 amide bonds. The van der Waals surface area contributed by atoms with Crippen molar-refractivity contribution in [1.29, 1.82) is 0 Å². The molecule has 1 heterocycles. The first kappa shape index (κ1) is 11.7. The van der Waals surface area contributed by atoms with Crippen molar-refractivity contribution >= 4 is 5.96 Å². The maximum Gasteiger partial charge on any atom is 0.192 e. The summed E-state index contributed by atoms with van der Waals surface area (Å²) in [6, 6.07) is 0.580. The van der Waals surface area contributed by atoms with E-state index in [-0.39, 0.29) is 5.54 Å². The Hall–Kier alpha value is -0.770. The first-order valence-electron chi connectivity index (χ1n) is 6.34. The Bertz CT molecular complexity index is 273. The smallest absolute Gasteiger partial charge is 0.192 e. The Balaban J connectivity index is 2.07. The molecule has 0 aromatic heterocycles. The summed E-state index contributed by atoms with van der Waals surface area (Å²) >= 11 is 0. The lowest BCUT2D eigenvalue weighted by Crippen LogP contribution is -2.56. The Labute approximate surface area is 97.9 Å². The number of guanidine groups is 1. The van der Waals surface area contributed by atoms with Crippen molar-refractivity contribution in [2.75, 3.05) is 19.8 Å². The maximum atomic E-state index is 6.03. The molecule has 92 valence electrons. The van der Waals surface area contributed by atoms with Gasteiger partial charge in [-0.2, -0.15) is 0 Å². The van der Waals surface area contributed by atoms with Crippen molar-refractivity contribution in [2.24, 2.45) is 10.7 Å². The highest BCUT2D eigenvalue weighted by Gasteiger charge is 2.42. The predicted octanol–water partition coefficient (Wildman–Crippen LogP) is 1.35. The fourth-order valence-electron chi connectivity index (χ4n) is 2.91. The molecule has 1 atom stereocenters. The van der Waals surface area contributed by atoms with Crippen LogP contribution in [0.2, 0.25) is 0 Å². The van der Waals surface area contributed by atoms with Gasteiger partial charge in [0.15, 0.2) is 5.96 Å². The average molecular weight is 225 g/mol. The molecule has 0 bridgehead atoms. The topological polar surface area (TPSA) is 50.9 Å². The van der Waals surface area contributed by atoms with Gasteiger partial charge in [0, 0.05) is 12.6 Å². The van der Waals surface area contributed by atoms with Gasteiger partial charge in [0.05, 0.1) is 18.7 Å². The van der Waals surface area contributed by atoms with Gasteiger partial charge in [-0.05, 0) is 26.7 Å². The molecule has 1 saturated carbocycles. The summed E-state index contributed by atoms with van der Waals surface area (Å²) in [6.07, 6.45) is 5.13. The minimum Gasteiger partial charge on any atom is -0.379 e. The van der Waals surface area contributed by atoms with Crippen molar-refractivity contribution < 1.29 is 4.74 Å². The molecule has 1 aliphatic heterocycles. The van der Waals surface area contributed by atoms with E-state index in [2.05, 4.69) is 16.8 Å². The number of nitrogens with two attached hydrogens (primary N) is 1. The van der Waals surface area contributed by atoms with Crippen LogP contribution in [0.3, 0.4) is 0 Å². The van der Waals surface area contributed by atoms with E-state index in [1.54, 1.807) is 0 Å². The molecule has 1 aliphatic carbocycles. The molecule has 0 saturated heterocycles. The highest BCUT2D eigenvalue weighted by Crippen LogP contribution is 2.32. The van der Waals surface area contributed by atoms with Crippen LogP contribution in [-0.4, -0.2) is 42.2 Å². The average Bonchev–Trinajstić information content (AvgIpc) is 2.85. The molecule has 16 heavy (non-hydrogen) atoms. The first-order chi connectivity index (χ1) is 7.67. The maximum absolute atomic E-state index is 6.03. The summed E-state index contributed by atoms with van der Waals surface area (Å²) in [4.78, 5) is 6.72. The number of hydrogen-bond acceptors (Lipinski definition) is 4. The Morgan fingerprint density at radius 2 is 2.19 bits per heavy atom. The second-order valence-electron chi connectivity index (χ2n) is 5.12. The van der Waals surface area contributed by atoms with Gasteiger partial charge in [0.25, 0.3) is 0 Å². The summed E-state index contributed by atoms with van der Waals surface area (Å²) in [5, 5.41) is 0. The Morgan fingerprint density at radius 1 is 1.50 bits per heavy atom. The van der Waals surface area contributed by atoms with Crippen LogP contribution in [0, 0.1) is 0 Å². The van der Waals surface area contributed by atoms with E-state index in [4.69, 9.17) is 10.5 Å². The van der Waals surface area contributed by atoms with Gasteiger partial charge < -0.3 is 15.4 Å². The van der Waals surface area contributed by atoms with E-state index >= 15 is 0 Å². The van der Waals surface area contributed by atoms with Crippen molar-refractivity contribution in [2.45, 2.75) is 51.1 Å². The van der Waals surface area contributed by atoms with Gasteiger partial charge in [-0.1, -0.05) is 12.8 Å². The zero-order valence-electron chi connectivity index (χ0n) is 10.4. The summed E-state index contributed by atoms with van der Waals surface area (Å²) in [7, 11) is 0. The van der Waals surface area contributed by atoms with Crippen molar-refractivity contribution in [3.05, 3.63) is 0 Å². The van der Waals surface area contributed by atoms with E-state index in [1.807, 2.05) is 6.92 Å². The third-order valence-corrected chi connectivity index (χ3v) is 3.72. The van der Waals surface area contributed by atoms with E-state index in [9.17, 15) is 0 Å². The van der Waals surface area contributed by atoms with Crippen LogP contribution in [0.25, 0.3) is 0 Å². The van der Waals surface area contributed by atoms with Gasteiger partial charge in [0.1, 0.15) is 0 Å². The molecule has 0 aromatic rings. The normalized spacial score (nSPS) is 31.1. The number of rotatable bonds is 4. The summed E-state index contributed by atoms with van der Waals surface area (Å²) in [5.41, 5.74) is 6.01. The molecule has 2 aliphatic rings. The summed E-state index contributed by atoms with van der Waals surface area (Å²) in [5.74, 6) is 0.717. The largest absolute Gasteiger partial charge is 0.379 e. The molecule has 2 rings (SSSR count). The van der Waals surface area contributed by atoms with Gasteiger partial charge in [-0.15, -0.1) is 0 Å². The first-order valence-corrected chi connectivity index (χ1v) is 6.34. The van der Waals surface area contributed by atoms with Gasteiger partial charge >= 0.3 is 0 Å². The lowest BCUT2D eigenvalue weighted by Gasteiger charge is -2.40. The van der Waals surface area contributed by atoms with Gasteiger partial charge in [0.2, 0.25) is 0 Å². The zero-order valence-corrected chi connectivity index (χ0v) is 10.4. The Kier molecular flexibility index (Phi) is 3.38. The van der Waals surface area contributed by atoms with Gasteiger partial charge in [-0.3, -0.25) is 4.99 Å². The van der Waals surface area contributed by atoms with Crippen LogP contribution in [-0.2, 0) is 4.74 Å². The number of ether oxygens (including phenoxy) is 1. The van der Waals surface area contributed by atoms with Crippen molar-refractivity contribution in [3.8, 4) is 0 Å². The molecule has 0 aromatic carbocycles. The Morgan fingerprint density at radius 3 is 2.81 bits per heavy atom. The third kappa shape index (κ3) is 2.03. The van der Waals surface area contributed by atoms with Crippen LogP contribution in [0.4, 0.5) is 0 Å². The van der Waals surface area contributed by atoms with Crippen molar-refractivity contribution in [1.82, 2.24) is 4.90 Å². The fourth-order valence-corrected chi connectivity index (χ4v) is 2.91. The number of aliphatic imine (C=N–C) groups is 1. The number of nitrogens with zero attached hydrogens (tertiary/aromatic N) is 2. The van der Waals surface area contributed by atoms with Crippen LogP contribution in [0.5, 0.6) is 0 Å². The fraction of sp³-hybridized carbons (Fsp3) is 0.917. The SMILES string of the molecule is CCOCC1(C)CN=C(N)N1C1CCCC1. The predicted molar refractivity (Wildman–Crippen MR) is 65.5 cm³/mol. The minimum atomic E-state index is -0.0188. The van der Waals surface area contributed by atoms with E-state index in [0.717, 1.165) is 19.8 Å². The van der Waals surface area contributed by atoms with Crippen LogP contribution >= 0.6 is 0 Å². The number of hydrogen-bond donors (Lipinski definition) is 1. The molecular formula is C12H23N3O. The highest BCUT2D eigenvalue weighted by atomic mass is 16.5.